The fraction of sp³-hybridized carbons (Fsp3) is 0.278. The molecule has 1 fully saturated rings. The minimum absolute atomic E-state index is 0.102. The molecule has 156 valence electrons. The van der Waals surface area contributed by atoms with Crippen LogP contribution < -0.4 is 10.1 Å². The summed E-state index contributed by atoms with van der Waals surface area (Å²) >= 11 is 0. The van der Waals surface area contributed by atoms with Gasteiger partial charge in [-0.1, -0.05) is 0 Å². The lowest BCUT2D eigenvalue weighted by Gasteiger charge is -2.23. The standard InChI is InChI=1S/C18H17F3N2O5S/c19-11-1-7-15(8-2-11)29(26,27)23-10-13(24)9-16(23)17(25)22-12-3-5-14(6-4-12)28-18(20)21/h1-8,13,16,18,24H,9-10H2,(H,22,25)/t13-,16-/m0/s1. The topological polar surface area (TPSA) is 95.9 Å². The highest BCUT2D eigenvalue weighted by atomic mass is 32.2. The van der Waals surface area contributed by atoms with Gasteiger partial charge in [-0.3, -0.25) is 4.79 Å². The van der Waals surface area contributed by atoms with Gasteiger partial charge in [0.15, 0.2) is 0 Å². The first-order chi connectivity index (χ1) is 13.7. The average molecular weight is 430 g/mol. The number of aliphatic hydroxyl groups excluding tert-OH is 1. The second kappa shape index (κ2) is 8.39. The van der Waals surface area contributed by atoms with E-state index in [0.717, 1.165) is 28.6 Å². The quantitative estimate of drug-likeness (QED) is 0.733. The number of carbonyl (C=O) groups excluding carboxylic acids is 1. The van der Waals surface area contributed by atoms with E-state index in [2.05, 4.69) is 10.1 Å². The van der Waals surface area contributed by atoms with Gasteiger partial charge in [0.05, 0.1) is 11.0 Å². The molecule has 1 heterocycles. The maximum absolute atomic E-state index is 13.1. The van der Waals surface area contributed by atoms with E-state index < -0.39 is 40.5 Å². The van der Waals surface area contributed by atoms with Crippen LogP contribution in [0.5, 0.6) is 5.75 Å². The molecule has 0 radical (unpaired) electrons. The predicted octanol–water partition coefficient (Wildman–Crippen LogP) is 2.19. The Labute approximate surface area is 164 Å². The Kier molecular flexibility index (Phi) is 6.10. The van der Waals surface area contributed by atoms with E-state index in [1.165, 1.54) is 24.3 Å². The van der Waals surface area contributed by atoms with E-state index in [0.29, 0.717) is 0 Å². The monoisotopic (exact) mass is 430 g/mol. The number of alkyl halides is 2. The lowest BCUT2D eigenvalue weighted by atomic mass is 10.2. The molecule has 1 aliphatic heterocycles. The first-order valence-electron chi connectivity index (χ1n) is 8.48. The number of amides is 1. The zero-order valence-electron chi connectivity index (χ0n) is 14.8. The Balaban J connectivity index is 1.77. The molecule has 0 unspecified atom stereocenters. The molecule has 2 atom stereocenters. The number of hydrogen-bond acceptors (Lipinski definition) is 5. The number of nitrogens with one attached hydrogen (secondary N) is 1. The van der Waals surface area contributed by atoms with E-state index in [4.69, 9.17) is 0 Å². The molecule has 3 rings (SSSR count). The van der Waals surface area contributed by atoms with E-state index >= 15 is 0 Å². The highest BCUT2D eigenvalue weighted by Gasteiger charge is 2.43. The number of carbonyl (C=O) groups is 1. The van der Waals surface area contributed by atoms with Crippen molar-refractivity contribution in [2.75, 3.05) is 11.9 Å². The van der Waals surface area contributed by atoms with Crippen LogP contribution in [0, 0.1) is 5.82 Å². The molecule has 1 aliphatic rings. The van der Waals surface area contributed by atoms with Crippen LogP contribution in [0.4, 0.5) is 18.9 Å². The van der Waals surface area contributed by atoms with Gasteiger partial charge in [-0.25, -0.2) is 12.8 Å². The fourth-order valence-corrected chi connectivity index (χ4v) is 4.61. The van der Waals surface area contributed by atoms with E-state index in [-0.39, 0.29) is 29.3 Å². The molecular weight excluding hydrogens is 413 g/mol. The molecule has 11 heteroatoms. The van der Waals surface area contributed by atoms with Crippen molar-refractivity contribution < 1.29 is 36.2 Å². The van der Waals surface area contributed by atoms with Crippen molar-refractivity contribution in [3.63, 3.8) is 0 Å². The van der Waals surface area contributed by atoms with Gasteiger partial charge in [0, 0.05) is 18.7 Å². The highest BCUT2D eigenvalue weighted by Crippen LogP contribution is 2.28. The highest BCUT2D eigenvalue weighted by molar-refractivity contribution is 7.89. The molecule has 29 heavy (non-hydrogen) atoms. The first kappa shape index (κ1) is 21.1. The van der Waals surface area contributed by atoms with Crippen LogP contribution in [0.25, 0.3) is 0 Å². The lowest BCUT2D eigenvalue weighted by Crippen LogP contribution is -2.43. The van der Waals surface area contributed by atoms with Crippen molar-refractivity contribution in [3.05, 3.63) is 54.3 Å². The number of sulfonamides is 1. The molecule has 7 nitrogen and oxygen atoms in total. The van der Waals surface area contributed by atoms with Crippen LogP contribution in [0.15, 0.2) is 53.4 Å². The average Bonchev–Trinajstić information content (AvgIpc) is 3.06. The van der Waals surface area contributed by atoms with Gasteiger partial charge in [0.1, 0.15) is 17.6 Å². The number of halogens is 3. The van der Waals surface area contributed by atoms with E-state index in [1.54, 1.807) is 0 Å². The largest absolute Gasteiger partial charge is 0.435 e. The minimum atomic E-state index is -4.15. The second-order valence-electron chi connectivity index (χ2n) is 6.33. The van der Waals surface area contributed by atoms with Crippen LogP contribution in [-0.2, 0) is 14.8 Å². The molecule has 2 N–H and O–H groups in total. The Bertz CT molecular complexity index is 968. The molecule has 0 saturated carbocycles. The third-order valence-electron chi connectivity index (χ3n) is 4.30. The number of β-amino-alcohol motifs (C(OH)–C–C–N with tert-alkyl or cyclic N) is 1. The molecule has 2 aromatic rings. The molecule has 0 aromatic heterocycles. The summed E-state index contributed by atoms with van der Waals surface area (Å²) in [4.78, 5) is 12.4. The van der Waals surface area contributed by atoms with Crippen LogP contribution >= 0.6 is 0 Å². The molecule has 2 aromatic carbocycles. The summed E-state index contributed by atoms with van der Waals surface area (Å²) in [5, 5.41) is 12.4. The summed E-state index contributed by atoms with van der Waals surface area (Å²) in [7, 11) is -4.15. The van der Waals surface area contributed by atoms with Crippen molar-refractivity contribution in [1.82, 2.24) is 4.31 Å². The van der Waals surface area contributed by atoms with Gasteiger partial charge in [-0.15, -0.1) is 0 Å². The lowest BCUT2D eigenvalue weighted by molar-refractivity contribution is -0.119. The maximum Gasteiger partial charge on any atom is 0.387 e. The fourth-order valence-electron chi connectivity index (χ4n) is 2.98. The Hall–Kier alpha value is -2.63. The number of ether oxygens (including phenoxy) is 1. The number of aliphatic hydroxyl groups is 1. The van der Waals surface area contributed by atoms with Crippen molar-refractivity contribution >= 4 is 21.6 Å². The van der Waals surface area contributed by atoms with Gasteiger partial charge in [0.25, 0.3) is 0 Å². The third-order valence-corrected chi connectivity index (χ3v) is 6.19. The molecule has 1 saturated heterocycles. The summed E-state index contributed by atoms with van der Waals surface area (Å²) < 4.78 is 68.2. The number of anilines is 1. The minimum Gasteiger partial charge on any atom is -0.435 e. The zero-order valence-corrected chi connectivity index (χ0v) is 15.7. The van der Waals surface area contributed by atoms with E-state index in [1.807, 2.05) is 0 Å². The van der Waals surface area contributed by atoms with Crippen molar-refractivity contribution in [2.45, 2.75) is 30.1 Å². The Morgan fingerprint density at radius 3 is 2.34 bits per heavy atom. The summed E-state index contributed by atoms with van der Waals surface area (Å²) in [5.74, 6) is -1.41. The van der Waals surface area contributed by atoms with Crippen LogP contribution in [-0.4, -0.2) is 49.0 Å². The number of rotatable bonds is 6. The Morgan fingerprint density at radius 2 is 1.76 bits per heavy atom. The van der Waals surface area contributed by atoms with Crippen molar-refractivity contribution in [2.24, 2.45) is 0 Å². The van der Waals surface area contributed by atoms with Gasteiger partial charge >= 0.3 is 6.61 Å². The zero-order chi connectivity index (χ0) is 21.2. The van der Waals surface area contributed by atoms with Crippen LogP contribution in [0.2, 0.25) is 0 Å². The van der Waals surface area contributed by atoms with Gasteiger partial charge in [-0.2, -0.15) is 13.1 Å². The number of nitrogens with zero attached hydrogens (tertiary/aromatic N) is 1. The smallest absolute Gasteiger partial charge is 0.387 e. The number of benzene rings is 2. The Morgan fingerprint density at radius 1 is 1.14 bits per heavy atom. The molecule has 0 aliphatic carbocycles. The summed E-state index contributed by atoms with van der Waals surface area (Å²) in [6.07, 6.45) is -1.18. The summed E-state index contributed by atoms with van der Waals surface area (Å²) in [6, 6.07) is 8.00. The predicted molar refractivity (Wildman–Crippen MR) is 96.4 cm³/mol. The normalized spacial score (nSPS) is 20.0. The summed E-state index contributed by atoms with van der Waals surface area (Å²) in [6.45, 7) is -3.28. The molecule has 0 bridgehead atoms. The van der Waals surface area contributed by atoms with Crippen molar-refractivity contribution in [1.29, 1.82) is 0 Å². The number of hydrogen-bond donors (Lipinski definition) is 2. The van der Waals surface area contributed by atoms with Crippen molar-refractivity contribution in [3.8, 4) is 5.75 Å². The third kappa shape index (κ3) is 4.86. The second-order valence-corrected chi connectivity index (χ2v) is 8.22. The van der Waals surface area contributed by atoms with Gasteiger partial charge in [0.2, 0.25) is 15.9 Å². The van der Waals surface area contributed by atoms with E-state index in [9.17, 15) is 31.5 Å². The van der Waals surface area contributed by atoms with Crippen LogP contribution in [0.1, 0.15) is 6.42 Å². The molecule has 1 amide bonds. The molecule has 0 spiro atoms. The van der Waals surface area contributed by atoms with Gasteiger partial charge in [-0.05, 0) is 48.5 Å². The SMILES string of the molecule is O=C(Nc1ccc(OC(F)F)cc1)[C@@H]1C[C@H](O)CN1S(=O)(=O)c1ccc(F)cc1. The summed E-state index contributed by atoms with van der Waals surface area (Å²) in [5.41, 5.74) is 0.233. The van der Waals surface area contributed by atoms with Gasteiger partial charge < -0.3 is 15.2 Å². The maximum atomic E-state index is 13.1. The molecular formula is C18H17F3N2O5S. The first-order valence-corrected chi connectivity index (χ1v) is 9.92. The van der Waals surface area contributed by atoms with Crippen LogP contribution in [0.3, 0.4) is 0 Å².